The van der Waals surface area contributed by atoms with E-state index in [-0.39, 0.29) is 5.91 Å². The van der Waals surface area contributed by atoms with Crippen molar-refractivity contribution in [2.45, 2.75) is 6.54 Å². The van der Waals surface area contributed by atoms with E-state index in [9.17, 15) is 4.79 Å². The van der Waals surface area contributed by atoms with Crippen molar-refractivity contribution < 1.29 is 4.79 Å². The van der Waals surface area contributed by atoms with Gasteiger partial charge in [0.25, 0.3) is 5.91 Å². The summed E-state index contributed by atoms with van der Waals surface area (Å²) in [6.07, 6.45) is 3.39. The maximum Gasteiger partial charge on any atom is 0.262 e. The van der Waals surface area contributed by atoms with Gasteiger partial charge in [-0.25, -0.2) is 4.98 Å². The first-order chi connectivity index (χ1) is 13.0. The third-order valence-electron chi connectivity index (χ3n) is 3.79. The number of pyridine rings is 1. The predicted molar refractivity (Wildman–Crippen MR) is 114 cm³/mol. The molecule has 0 radical (unpaired) electrons. The molecule has 0 atom stereocenters. The smallest absolute Gasteiger partial charge is 0.262 e. The lowest BCUT2D eigenvalue weighted by atomic mass is 10.2. The van der Waals surface area contributed by atoms with Crippen LogP contribution in [-0.4, -0.2) is 15.9 Å². The first kappa shape index (κ1) is 18.7. The molecule has 3 heterocycles. The van der Waals surface area contributed by atoms with Crippen molar-refractivity contribution in [2.75, 3.05) is 4.90 Å². The molecule has 3 aromatic heterocycles. The second-order valence-electron chi connectivity index (χ2n) is 5.57. The Morgan fingerprint density at radius 3 is 2.63 bits per heavy atom. The minimum Gasteiger partial charge on any atom is -0.279 e. The maximum atomic E-state index is 13.2. The summed E-state index contributed by atoms with van der Waals surface area (Å²) in [5.41, 5.74) is 1.88. The Balaban J connectivity index is 1.80. The van der Waals surface area contributed by atoms with Crippen LogP contribution in [0.25, 0.3) is 10.2 Å². The van der Waals surface area contributed by atoms with E-state index >= 15 is 0 Å². The fourth-order valence-corrected chi connectivity index (χ4v) is 5.26. The van der Waals surface area contributed by atoms with E-state index in [4.69, 9.17) is 34.8 Å². The Hall–Kier alpha value is -1.70. The molecule has 0 saturated carbocycles. The topological polar surface area (TPSA) is 46.1 Å². The first-order valence-electron chi connectivity index (χ1n) is 7.73. The Bertz CT molecular complexity index is 1130. The molecule has 0 fully saturated rings. The van der Waals surface area contributed by atoms with Crippen molar-refractivity contribution in [1.82, 2.24) is 9.97 Å². The summed E-state index contributed by atoms with van der Waals surface area (Å²) in [6, 6.07) is 10.8. The standard InChI is InChI=1S/C18H10Cl3N3OS2/c19-12-4-1-5-13-15(12)23-18(26-13)24(9-10-3-2-6-22-8-10)17(25)11-7-14(20)27-16(11)21/h1-8H,9H2. The molecule has 0 aliphatic heterocycles. The Kier molecular flexibility index (Phi) is 5.34. The third-order valence-corrected chi connectivity index (χ3v) is 6.62. The highest BCUT2D eigenvalue weighted by molar-refractivity contribution is 7.22. The summed E-state index contributed by atoms with van der Waals surface area (Å²) >= 11 is 21.0. The molecule has 4 rings (SSSR count). The zero-order valence-electron chi connectivity index (χ0n) is 13.5. The molecule has 136 valence electrons. The van der Waals surface area contributed by atoms with Gasteiger partial charge in [0.05, 0.1) is 26.2 Å². The van der Waals surface area contributed by atoms with Crippen LogP contribution in [0, 0.1) is 0 Å². The van der Waals surface area contributed by atoms with E-state index < -0.39 is 0 Å². The molecule has 9 heteroatoms. The van der Waals surface area contributed by atoms with Crippen molar-refractivity contribution in [1.29, 1.82) is 0 Å². The van der Waals surface area contributed by atoms with Crippen LogP contribution in [0.3, 0.4) is 0 Å². The Morgan fingerprint density at radius 2 is 1.96 bits per heavy atom. The molecule has 0 unspecified atom stereocenters. The van der Waals surface area contributed by atoms with E-state index in [1.165, 1.54) is 11.3 Å². The van der Waals surface area contributed by atoms with E-state index in [0.29, 0.717) is 36.5 Å². The number of hydrogen-bond acceptors (Lipinski definition) is 5. The number of rotatable bonds is 4. The lowest BCUT2D eigenvalue weighted by Crippen LogP contribution is -2.30. The van der Waals surface area contributed by atoms with Gasteiger partial charge in [0.2, 0.25) is 0 Å². The molecule has 4 aromatic rings. The average molecular weight is 455 g/mol. The molecule has 4 nitrogen and oxygen atoms in total. The zero-order valence-corrected chi connectivity index (χ0v) is 17.4. The first-order valence-corrected chi connectivity index (χ1v) is 10.5. The van der Waals surface area contributed by atoms with Crippen LogP contribution < -0.4 is 4.90 Å². The van der Waals surface area contributed by atoms with Crippen molar-refractivity contribution >= 4 is 78.7 Å². The lowest BCUT2D eigenvalue weighted by molar-refractivity contribution is 0.0985. The largest absolute Gasteiger partial charge is 0.279 e. The number of thiazole rings is 1. The monoisotopic (exact) mass is 453 g/mol. The van der Waals surface area contributed by atoms with Gasteiger partial charge in [-0.15, -0.1) is 11.3 Å². The number of hydrogen-bond donors (Lipinski definition) is 0. The van der Waals surface area contributed by atoms with Gasteiger partial charge in [-0.1, -0.05) is 58.3 Å². The maximum absolute atomic E-state index is 13.2. The summed E-state index contributed by atoms with van der Waals surface area (Å²) in [4.78, 5) is 23.5. The summed E-state index contributed by atoms with van der Waals surface area (Å²) < 4.78 is 1.70. The normalized spacial score (nSPS) is 11.1. The van der Waals surface area contributed by atoms with Crippen LogP contribution in [-0.2, 0) is 6.54 Å². The average Bonchev–Trinajstić information content (AvgIpc) is 3.23. The van der Waals surface area contributed by atoms with Crippen LogP contribution >= 0.6 is 57.5 Å². The zero-order chi connectivity index (χ0) is 19.0. The molecule has 0 N–H and O–H groups in total. The molecule has 0 aliphatic rings. The van der Waals surface area contributed by atoms with Crippen LogP contribution in [0.2, 0.25) is 13.7 Å². The Morgan fingerprint density at radius 1 is 1.11 bits per heavy atom. The van der Waals surface area contributed by atoms with Gasteiger partial charge in [-0.05, 0) is 29.8 Å². The van der Waals surface area contributed by atoms with Gasteiger partial charge in [0, 0.05) is 12.4 Å². The predicted octanol–water partition coefficient (Wildman–Crippen LogP) is 6.56. The van der Waals surface area contributed by atoms with Gasteiger partial charge >= 0.3 is 0 Å². The number of para-hydroxylation sites is 1. The summed E-state index contributed by atoms with van der Waals surface area (Å²) in [5, 5.41) is 1.07. The molecular weight excluding hydrogens is 445 g/mol. The number of amides is 1. The van der Waals surface area contributed by atoms with Crippen molar-refractivity contribution in [2.24, 2.45) is 0 Å². The summed E-state index contributed by atoms with van der Waals surface area (Å²) in [5.74, 6) is -0.276. The number of fused-ring (bicyclic) bond motifs is 1. The molecule has 27 heavy (non-hydrogen) atoms. The fraction of sp³-hybridized carbons (Fsp3) is 0.0556. The highest BCUT2D eigenvalue weighted by atomic mass is 35.5. The van der Waals surface area contributed by atoms with E-state index in [1.807, 2.05) is 24.3 Å². The van der Waals surface area contributed by atoms with Gasteiger partial charge in [0.1, 0.15) is 9.85 Å². The summed E-state index contributed by atoms with van der Waals surface area (Å²) in [6.45, 7) is 0.300. The molecule has 1 aromatic carbocycles. The van der Waals surface area contributed by atoms with Crippen LogP contribution in [0.15, 0.2) is 48.8 Å². The van der Waals surface area contributed by atoms with Crippen molar-refractivity contribution in [3.05, 3.63) is 73.6 Å². The minimum absolute atomic E-state index is 0.276. The van der Waals surface area contributed by atoms with Crippen molar-refractivity contribution in [3.8, 4) is 0 Å². The van der Waals surface area contributed by atoms with Crippen molar-refractivity contribution in [3.63, 3.8) is 0 Å². The molecule has 0 spiro atoms. The van der Waals surface area contributed by atoms with Gasteiger partial charge < -0.3 is 0 Å². The minimum atomic E-state index is -0.276. The van der Waals surface area contributed by atoms with E-state index in [2.05, 4.69) is 9.97 Å². The molecular formula is C18H10Cl3N3OS2. The number of nitrogens with zero attached hydrogens (tertiary/aromatic N) is 3. The van der Waals surface area contributed by atoms with Crippen LogP contribution in [0.1, 0.15) is 15.9 Å². The van der Waals surface area contributed by atoms with E-state index in [1.54, 1.807) is 29.4 Å². The second kappa shape index (κ2) is 7.73. The van der Waals surface area contributed by atoms with Gasteiger partial charge in [-0.2, -0.15) is 0 Å². The number of anilines is 1. The second-order valence-corrected chi connectivity index (χ2v) is 9.28. The molecule has 0 aliphatic carbocycles. The molecule has 1 amide bonds. The number of thiophene rings is 1. The molecule has 0 saturated heterocycles. The quantitative estimate of drug-likeness (QED) is 0.351. The lowest BCUT2D eigenvalue weighted by Gasteiger charge is -2.19. The SMILES string of the molecule is O=C(c1cc(Cl)sc1Cl)N(Cc1cccnc1)c1nc2c(Cl)cccc2s1. The van der Waals surface area contributed by atoms with Crippen LogP contribution in [0.4, 0.5) is 5.13 Å². The van der Waals surface area contributed by atoms with Gasteiger partial charge in [-0.3, -0.25) is 14.7 Å². The number of carbonyl (C=O) groups is 1. The highest BCUT2D eigenvalue weighted by Gasteiger charge is 2.25. The molecule has 0 bridgehead atoms. The number of halogens is 3. The van der Waals surface area contributed by atoms with Crippen LogP contribution in [0.5, 0.6) is 0 Å². The van der Waals surface area contributed by atoms with Gasteiger partial charge in [0.15, 0.2) is 5.13 Å². The van der Waals surface area contributed by atoms with E-state index in [0.717, 1.165) is 21.6 Å². The number of benzene rings is 1. The fourth-order valence-electron chi connectivity index (χ4n) is 2.55. The number of aromatic nitrogens is 2. The highest BCUT2D eigenvalue weighted by Crippen LogP contribution is 2.37. The third kappa shape index (κ3) is 3.81. The summed E-state index contributed by atoms with van der Waals surface area (Å²) in [7, 11) is 0. The Labute approximate surface area is 178 Å². The number of carbonyl (C=O) groups excluding carboxylic acids is 1.